The second-order valence-electron chi connectivity index (χ2n) is 3.90. The predicted octanol–water partition coefficient (Wildman–Crippen LogP) is 0.760. The minimum Gasteiger partial charge on any atom is -0.381 e. The van der Waals surface area contributed by atoms with E-state index in [0.717, 1.165) is 31.7 Å². The monoisotopic (exact) mass is 219 g/mol. The van der Waals surface area contributed by atoms with Gasteiger partial charge in [-0.3, -0.25) is 0 Å². The van der Waals surface area contributed by atoms with Crippen LogP contribution in [-0.2, 0) is 4.74 Å². The Morgan fingerprint density at radius 1 is 1.25 bits per heavy atom. The molecule has 3 heterocycles. The molecule has 1 aliphatic heterocycles. The Kier molecular flexibility index (Phi) is 2.21. The third kappa shape index (κ3) is 1.42. The van der Waals surface area contributed by atoms with Crippen LogP contribution in [0.15, 0.2) is 12.4 Å². The van der Waals surface area contributed by atoms with E-state index < -0.39 is 0 Å². The van der Waals surface area contributed by atoms with E-state index in [0.29, 0.717) is 17.4 Å². The van der Waals surface area contributed by atoms with E-state index in [4.69, 9.17) is 10.5 Å². The highest BCUT2D eigenvalue weighted by molar-refractivity contribution is 5.81. The second kappa shape index (κ2) is 3.71. The molecule has 2 N–H and O–H groups in total. The molecule has 2 aromatic heterocycles. The first-order valence-electron chi connectivity index (χ1n) is 5.38. The van der Waals surface area contributed by atoms with Crippen molar-refractivity contribution in [3.63, 3.8) is 0 Å². The van der Waals surface area contributed by atoms with Crippen molar-refractivity contribution in [3.05, 3.63) is 12.4 Å². The summed E-state index contributed by atoms with van der Waals surface area (Å²) in [5.41, 5.74) is 7.28. The molecule has 0 aromatic carbocycles. The van der Waals surface area contributed by atoms with E-state index in [-0.39, 0.29) is 0 Å². The highest BCUT2D eigenvalue weighted by Gasteiger charge is 2.20. The average Bonchev–Trinajstić information content (AvgIpc) is 2.69. The van der Waals surface area contributed by atoms with Crippen LogP contribution in [0.1, 0.15) is 18.9 Å². The van der Waals surface area contributed by atoms with E-state index in [1.165, 1.54) is 0 Å². The number of nitrogens with zero attached hydrogens (tertiary/aromatic N) is 4. The first-order chi connectivity index (χ1) is 7.86. The van der Waals surface area contributed by atoms with Gasteiger partial charge in [-0.2, -0.15) is 5.10 Å². The Morgan fingerprint density at radius 2 is 2.00 bits per heavy atom. The third-order valence-corrected chi connectivity index (χ3v) is 2.89. The van der Waals surface area contributed by atoms with Gasteiger partial charge in [0.25, 0.3) is 0 Å². The molecule has 2 aromatic rings. The summed E-state index contributed by atoms with van der Waals surface area (Å²) in [4.78, 5) is 8.49. The zero-order valence-corrected chi connectivity index (χ0v) is 8.83. The maximum absolute atomic E-state index is 5.82. The predicted molar refractivity (Wildman–Crippen MR) is 58.8 cm³/mol. The molecule has 0 atom stereocenters. The lowest BCUT2D eigenvalue weighted by Crippen LogP contribution is -2.20. The zero-order valence-electron chi connectivity index (χ0n) is 8.83. The Balaban J connectivity index is 2.08. The van der Waals surface area contributed by atoms with Gasteiger partial charge in [-0.1, -0.05) is 0 Å². The summed E-state index contributed by atoms with van der Waals surface area (Å²) >= 11 is 0. The Labute approximate surface area is 92.4 Å². The van der Waals surface area contributed by atoms with E-state index in [2.05, 4.69) is 15.1 Å². The Bertz CT molecular complexity index is 503. The van der Waals surface area contributed by atoms with Gasteiger partial charge in [0.15, 0.2) is 17.0 Å². The molecule has 84 valence electrons. The summed E-state index contributed by atoms with van der Waals surface area (Å²) in [5.74, 6) is 0.453. The number of hydrogen-bond donors (Lipinski definition) is 1. The minimum atomic E-state index is 0.324. The fourth-order valence-corrected chi connectivity index (χ4v) is 2.07. The number of nitrogens with two attached hydrogens (primary N) is 1. The molecule has 1 saturated heterocycles. The van der Waals surface area contributed by atoms with Crippen molar-refractivity contribution in [3.8, 4) is 0 Å². The van der Waals surface area contributed by atoms with Crippen molar-refractivity contribution in [2.24, 2.45) is 0 Å². The van der Waals surface area contributed by atoms with Crippen LogP contribution in [0.4, 0.5) is 5.82 Å². The quantitative estimate of drug-likeness (QED) is 0.766. The van der Waals surface area contributed by atoms with Crippen LogP contribution in [0.25, 0.3) is 11.2 Å². The summed E-state index contributed by atoms with van der Waals surface area (Å²) in [6.07, 6.45) is 5.20. The molecule has 1 aliphatic rings. The van der Waals surface area contributed by atoms with Crippen LogP contribution in [0.2, 0.25) is 0 Å². The fourth-order valence-electron chi connectivity index (χ4n) is 2.07. The Hall–Kier alpha value is -1.69. The molecule has 0 amide bonds. The number of rotatable bonds is 1. The maximum Gasteiger partial charge on any atom is 0.179 e. The molecule has 0 spiro atoms. The molecule has 16 heavy (non-hydrogen) atoms. The third-order valence-electron chi connectivity index (χ3n) is 2.89. The summed E-state index contributed by atoms with van der Waals surface area (Å²) < 4.78 is 7.22. The molecule has 3 rings (SSSR count). The van der Waals surface area contributed by atoms with E-state index in [1.54, 1.807) is 12.4 Å². The normalized spacial score (nSPS) is 18.0. The van der Waals surface area contributed by atoms with Crippen LogP contribution in [-0.4, -0.2) is 33.0 Å². The molecule has 6 nitrogen and oxygen atoms in total. The van der Waals surface area contributed by atoms with Crippen molar-refractivity contribution >= 4 is 17.0 Å². The number of anilines is 1. The molecule has 0 saturated carbocycles. The zero-order chi connectivity index (χ0) is 11.0. The number of aromatic nitrogens is 4. The van der Waals surface area contributed by atoms with E-state index in [1.807, 2.05) is 4.68 Å². The second-order valence-corrected chi connectivity index (χ2v) is 3.90. The smallest absolute Gasteiger partial charge is 0.179 e. The fraction of sp³-hybridized carbons (Fsp3) is 0.500. The van der Waals surface area contributed by atoms with Gasteiger partial charge in [-0.15, -0.1) is 0 Å². The number of fused-ring (bicyclic) bond motifs is 1. The highest BCUT2D eigenvalue weighted by Crippen LogP contribution is 2.25. The standard InChI is InChI=1S/C10H13N5O/c11-9-8-10(13-4-3-12-8)15(14-9)7-1-5-16-6-2-7/h3-4,7H,1-2,5-6H2,(H2,11,14). The van der Waals surface area contributed by atoms with Gasteiger partial charge in [0.2, 0.25) is 0 Å². The molecule has 1 fully saturated rings. The van der Waals surface area contributed by atoms with E-state index in [9.17, 15) is 0 Å². The van der Waals surface area contributed by atoms with Gasteiger partial charge in [0.05, 0.1) is 6.04 Å². The number of ether oxygens (including phenoxy) is 1. The van der Waals surface area contributed by atoms with Crippen LogP contribution >= 0.6 is 0 Å². The first kappa shape index (κ1) is 9.53. The summed E-state index contributed by atoms with van der Waals surface area (Å²) in [6.45, 7) is 1.54. The molecule has 0 aliphatic carbocycles. The van der Waals surface area contributed by atoms with Crippen molar-refractivity contribution < 1.29 is 4.74 Å². The minimum absolute atomic E-state index is 0.324. The molecule has 0 radical (unpaired) electrons. The summed E-state index contributed by atoms with van der Waals surface area (Å²) in [6, 6.07) is 0.324. The van der Waals surface area contributed by atoms with Crippen LogP contribution in [0.5, 0.6) is 0 Å². The van der Waals surface area contributed by atoms with Crippen LogP contribution in [0, 0.1) is 0 Å². The molecular weight excluding hydrogens is 206 g/mol. The SMILES string of the molecule is Nc1nn(C2CCOCC2)c2nccnc12. The lowest BCUT2D eigenvalue weighted by Gasteiger charge is -2.22. The number of nitrogen functional groups attached to an aromatic ring is 1. The Morgan fingerprint density at radius 3 is 2.81 bits per heavy atom. The van der Waals surface area contributed by atoms with Gasteiger partial charge < -0.3 is 10.5 Å². The summed E-state index contributed by atoms with van der Waals surface area (Å²) in [5, 5.41) is 4.33. The number of hydrogen-bond acceptors (Lipinski definition) is 5. The van der Waals surface area contributed by atoms with Crippen molar-refractivity contribution in [1.29, 1.82) is 0 Å². The lowest BCUT2D eigenvalue weighted by atomic mass is 10.1. The first-order valence-corrected chi connectivity index (χ1v) is 5.38. The van der Waals surface area contributed by atoms with Gasteiger partial charge >= 0.3 is 0 Å². The highest BCUT2D eigenvalue weighted by atomic mass is 16.5. The largest absolute Gasteiger partial charge is 0.381 e. The average molecular weight is 219 g/mol. The molecule has 0 bridgehead atoms. The topological polar surface area (TPSA) is 78.8 Å². The maximum atomic E-state index is 5.82. The van der Waals surface area contributed by atoms with Crippen LogP contribution < -0.4 is 5.73 Å². The van der Waals surface area contributed by atoms with Gasteiger partial charge in [-0.05, 0) is 12.8 Å². The lowest BCUT2D eigenvalue weighted by molar-refractivity contribution is 0.0674. The van der Waals surface area contributed by atoms with Crippen molar-refractivity contribution in [2.45, 2.75) is 18.9 Å². The van der Waals surface area contributed by atoms with Gasteiger partial charge in [0.1, 0.15) is 0 Å². The molecule has 6 heteroatoms. The molecular formula is C10H13N5O. The van der Waals surface area contributed by atoms with Crippen molar-refractivity contribution in [2.75, 3.05) is 18.9 Å². The van der Waals surface area contributed by atoms with Crippen LogP contribution in [0.3, 0.4) is 0 Å². The van der Waals surface area contributed by atoms with Crippen molar-refractivity contribution in [1.82, 2.24) is 19.7 Å². The molecule has 0 unspecified atom stereocenters. The van der Waals surface area contributed by atoms with Gasteiger partial charge in [0, 0.05) is 25.6 Å². The van der Waals surface area contributed by atoms with Gasteiger partial charge in [-0.25, -0.2) is 14.6 Å². The summed E-state index contributed by atoms with van der Waals surface area (Å²) in [7, 11) is 0. The van der Waals surface area contributed by atoms with E-state index >= 15 is 0 Å².